The Labute approximate surface area is 200 Å². The molecule has 9 nitrogen and oxygen atoms in total. The fourth-order valence-corrected chi connectivity index (χ4v) is 5.81. The second-order valence-corrected chi connectivity index (χ2v) is 10.3. The molecule has 5 rings (SSSR count). The third-order valence-corrected chi connectivity index (χ3v) is 8.00. The monoisotopic (exact) mass is 485 g/mol. The highest BCUT2D eigenvalue weighted by Gasteiger charge is 2.26. The zero-order chi connectivity index (χ0) is 22.8. The Bertz CT molecular complexity index is 1130. The number of nitrogens with zero attached hydrogens (tertiary/aromatic N) is 5. The summed E-state index contributed by atoms with van der Waals surface area (Å²) in [6.45, 7) is 8.18. The quantitative estimate of drug-likeness (QED) is 0.466. The highest BCUT2D eigenvalue weighted by Crippen LogP contribution is 2.30. The van der Waals surface area contributed by atoms with E-state index in [1.165, 1.54) is 10.4 Å². The highest BCUT2D eigenvalue weighted by atomic mass is 32.1. The lowest BCUT2D eigenvalue weighted by atomic mass is 10.0. The maximum Gasteiger partial charge on any atom is 0.347 e. The summed E-state index contributed by atoms with van der Waals surface area (Å²) in [6, 6.07) is 4.29. The molecular weight excluding hydrogens is 458 g/mol. The van der Waals surface area contributed by atoms with Crippen LogP contribution in [0.15, 0.2) is 17.5 Å². The second kappa shape index (κ2) is 9.72. The molecule has 0 unspecified atom stereocenters. The van der Waals surface area contributed by atoms with Crippen molar-refractivity contribution < 1.29 is 9.90 Å². The van der Waals surface area contributed by atoms with Crippen LogP contribution in [0.2, 0.25) is 0 Å². The number of thiophene rings is 1. The molecule has 3 aromatic heterocycles. The fraction of sp³-hybridized carbons (Fsp3) is 0.455. The number of carboxylic acids is 1. The van der Waals surface area contributed by atoms with Gasteiger partial charge in [-0.1, -0.05) is 17.4 Å². The van der Waals surface area contributed by atoms with E-state index in [0.29, 0.717) is 16.8 Å². The van der Waals surface area contributed by atoms with Crippen LogP contribution in [0.25, 0.3) is 0 Å². The van der Waals surface area contributed by atoms with Gasteiger partial charge >= 0.3 is 5.97 Å². The van der Waals surface area contributed by atoms with Gasteiger partial charge in [0, 0.05) is 56.3 Å². The van der Waals surface area contributed by atoms with E-state index in [9.17, 15) is 9.90 Å². The number of piperazine rings is 1. The van der Waals surface area contributed by atoms with Crippen molar-refractivity contribution in [3.05, 3.63) is 44.2 Å². The summed E-state index contributed by atoms with van der Waals surface area (Å²) >= 11 is 2.92. The van der Waals surface area contributed by atoms with Gasteiger partial charge in [0.1, 0.15) is 10.7 Å². The predicted molar refractivity (Wildman–Crippen MR) is 131 cm³/mol. The number of hydrogen-bond acceptors (Lipinski definition) is 10. The normalized spacial score (nSPS) is 16.6. The van der Waals surface area contributed by atoms with Gasteiger partial charge in [-0.05, 0) is 31.2 Å². The first-order valence-electron chi connectivity index (χ1n) is 11.1. The topological polar surface area (TPSA) is 107 Å². The summed E-state index contributed by atoms with van der Waals surface area (Å²) < 4.78 is 0. The van der Waals surface area contributed by atoms with Crippen molar-refractivity contribution in [2.75, 3.05) is 49.5 Å². The zero-order valence-corrected chi connectivity index (χ0v) is 20.1. The molecule has 11 heteroatoms. The third-order valence-electron chi connectivity index (χ3n) is 6.00. The van der Waals surface area contributed by atoms with E-state index in [1.54, 1.807) is 18.3 Å². The zero-order valence-electron chi connectivity index (χ0n) is 18.5. The molecule has 3 N–H and O–H groups in total. The number of nitrogens with one attached hydrogen (secondary N) is 2. The largest absolute Gasteiger partial charge is 0.477 e. The van der Waals surface area contributed by atoms with E-state index >= 15 is 0 Å². The Kier molecular flexibility index (Phi) is 6.54. The first-order chi connectivity index (χ1) is 16.1. The van der Waals surface area contributed by atoms with Gasteiger partial charge < -0.3 is 15.3 Å². The van der Waals surface area contributed by atoms with E-state index in [-0.39, 0.29) is 4.88 Å². The lowest BCUT2D eigenvalue weighted by molar-refractivity contribution is 0.0701. The summed E-state index contributed by atoms with van der Waals surface area (Å²) in [5.74, 6) is 0.508. The number of carboxylic acid groups (broad SMARTS) is 1. The predicted octanol–water partition coefficient (Wildman–Crippen LogP) is 2.76. The Hall–Kier alpha value is -2.60. The Morgan fingerprint density at radius 2 is 2.09 bits per heavy atom. The number of aryl methyl sites for hydroxylation is 1. The molecule has 1 fully saturated rings. The molecule has 2 aliphatic heterocycles. The van der Waals surface area contributed by atoms with Crippen LogP contribution in [0.4, 0.5) is 16.9 Å². The summed E-state index contributed by atoms with van der Waals surface area (Å²) in [5.41, 5.74) is 2.77. The van der Waals surface area contributed by atoms with Crippen LogP contribution in [0.1, 0.15) is 31.5 Å². The third kappa shape index (κ3) is 5.01. The van der Waals surface area contributed by atoms with E-state index in [1.807, 2.05) is 0 Å². The number of rotatable bonds is 7. The molecule has 0 aromatic carbocycles. The Balaban J connectivity index is 1.41. The van der Waals surface area contributed by atoms with Crippen LogP contribution >= 0.6 is 22.7 Å². The molecule has 0 radical (unpaired) electrons. The maximum atomic E-state index is 11.4. The minimum Gasteiger partial charge on any atom is -0.477 e. The van der Waals surface area contributed by atoms with E-state index in [2.05, 4.69) is 42.9 Å². The smallest absolute Gasteiger partial charge is 0.347 e. The highest BCUT2D eigenvalue weighted by molar-refractivity contribution is 7.17. The number of aromatic carboxylic acids is 1. The fourth-order valence-electron chi connectivity index (χ4n) is 4.32. The van der Waals surface area contributed by atoms with Gasteiger partial charge in [-0.25, -0.2) is 14.8 Å². The minimum absolute atomic E-state index is 0.234. The van der Waals surface area contributed by atoms with Crippen molar-refractivity contribution in [2.24, 2.45) is 0 Å². The van der Waals surface area contributed by atoms with Gasteiger partial charge in [0.15, 0.2) is 5.13 Å². The summed E-state index contributed by atoms with van der Waals surface area (Å²) in [4.78, 5) is 31.9. The van der Waals surface area contributed by atoms with E-state index in [0.717, 1.165) is 81.5 Å². The van der Waals surface area contributed by atoms with Gasteiger partial charge in [0.2, 0.25) is 5.95 Å². The molecule has 0 atom stereocenters. The van der Waals surface area contributed by atoms with Crippen molar-refractivity contribution in [3.63, 3.8) is 0 Å². The number of hydrogen-bond donors (Lipinski definition) is 3. The van der Waals surface area contributed by atoms with Crippen LogP contribution in [0, 0.1) is 6.92 Å². The molecule has 0 saturated carbocycles. The molecule has 3 aromatic rings. The van der Waals surface area contributed by atoms with Crippen LogP contribution in [-0.2, 0) is 19.4 Å². The van der Waals surface area contributed by atoms with Crippen LogP contribution in [0.3, 0.4) is 0 Å². The number of aromatic nitrogens is 3. The van der Waals surface area contributed by atoms with Gasteiger partial charge in [-0.2, -0.15) is 4.98 Å². The van der Waals surface area contributed by atoms with Crippen LogP contribution < -0.4 is 15.5 Å². The minimum atomic E-state index is -0.965. The Morgan fingerprint density at radius 1 is 1.24 bits per heavy atom. The van der Waals surface area contributed by atoms with Crippen molar-refractivity contribution in [3.8, 4) is 0 Å². The van der Waals surface area contributed by atoms with Crippen LogP contribution in [-0.4, -0.2) is 70.2 Å². The van der Waals surface area contributed by atoms with Gasteiger partial charge in [0.05, 0.1) is 11.4 Å². The standard InChI is InChI=1S/C22H27N7O2S2/c1-14-18(20(30)31)33-22(24-14)27-21-25-17-13-28(8-4-15-3-2-12-32-15)9-5-16(17)19(26-21)29-10-6-23-7-11-29/h2-3,12,23H,4-11,13H2,1H3,(H,30,31)(H,24,25,26,27). The van der Waals surface area contributed by atoms with Gasteiger partial charge in [-0.15, -0.1) is 11.3 Å². The number of thiazole rings is 1. The first kappa shape index (κ1) is 22.2. The van der Waals surface area contributed by atoms with Crippen molar-refractivity contribution in [2.45, 2.75) is 26.3 Å². The lowest BCUT2D eigenvalue weighted by Crippen LogP contribution is -2.45. The molecular formula is C22H27N7O2S2. The molecule has 0 spiro atoms. The van der Waals surface area contributed by atoms with Crippen molar-refractivity contribution in [1.82, 2.24) is 25.2 Å². The maximum absolute atomic E-state index is 11.4. The second-order valence-electron chi connectivity index (χ2n) is 8.25. The number of anilines is 3. The average molecular weight is 486 g/mol. The summed E-state index contributed by atoms with van der Waals surface area (Å²) in [6.07, 6.45) is 1.98. The molecule has 0 bridgehead atoms. The molecule has 1 saturated heterocycles. The summed E-state index contributed by atoms with van der Waals surface area (Å²) in [7, 11) is 0. The summed E-state index contributed by atoms with van der Waals surface area (Å²) in [5, 5.41) is 18.6. The average Bonchev–Trinajstić information content (AvgIpc) is 3.47. The molecule has 2 aliphatic rings. The number of carbonyl (C=O) groups is 1. The molecule has 174 valence electrons. The number of fused-ring (bicyclic) bond motifs is 1. The van der Waals surface area contributed by atoms with Gasteiger partial charge in [-0.3, -0.25) is 10.2 Å². The van der Waals surface area contributed by atoms with Crippen molar-refractivity contribution >= 4 is 45.5 Å². The molecule has 0 amide bonds. The van der Waals surface area contributed by atoms with E-state index < -0.39 is 5.97 Å². The van der Waals surface area contributed by atoms with Crippen molar-refractivity contribution in [1.29, 1.82) is 0 Å². The van der Waals surface area contributed by atoms with Crippen LogP contribution in [0.5, 0.6) is 0 Å². The molecule has 33 heavy (non-hydrogen) atoms. The Morgan fingerprint density at radius 3 is 2.82 bits per heavy atom. The van der Waals surface area contributed by atoms with E-state index in [4.69, 9.17) is 9.97 Å². The molecule has 5 heterocycles. The SMILES string of the molecule is Cc1nc(Nc2nc3c(c(N4CCNCC4)n2)CCN(CCc2cccs2)C3)sc1C(=O)O. The lowest BCUT2D eigenvalue weighted by Gasteiger charge is -2.34. The first-order valence-corrected chi connectivity index (χ1v) is 12.8. The molecule has 0 aliphatic carbocycles. The van der Waals surface area contributed by atoms with Gasteiger partial charge in [0.25, 0.3) is 0 Å².